The molecule has 2 heterocycles. The van der Waals surface area contributed by atoms with Crippen molar-refractivity contribution < 1.29 is 23.2 Å². The van der Waals surface area contributed by atoms with Gasteiger partial charge in [-0.15, -0.1) is 0 Å². The van der Waals surface area contributed by atoms with Gasteiger partial charge in [0.05, 0.1) is 24.5 Å². The van der Waals surface area contributed by atoms with Gasteiger partial charge in [0.1, 0.15) is 11.4 Å². The van der Waals surface area contributed by atoms with Crippen molar-refractivity contribution in [2.24, 2.45) is 5.16 Å². The van der Waals surface area contributed by atoms with Gasteiger partial charge in [-0.2, -0.15) is 13.2 Å². The van der Waals surface area contributed by atoms with Crippen LogP contribution in [0.25, 0.3) is 16.9 Å². The Balaban J connectivity index is 1.81. The summed E-state index contributed by atoms with van der Waals surface area (Å²) in [5.74, 6) is -0.449. The van der Waals surface area contributed by atoms with Gasteiger partial charge in [0.25, 0.3) is 0 Å². The molecule has 1 N–H and O–H groups in total. The first-order valence-electron chi connectivity index (χ1n) is 8.18. The number of carbonyl (C=O) groups excluding carboxylic acids is 1. The van der Waals surface area contributed by atoms with Crippen molar-refractivity contribution in [1.29, 1.82) is 0 Å². The maximum atomic E-state index is 12.2. The van der Waals surface area contributed by atoms with E-state index >= 15 is 0 Å². The van der Waals surface area contributed by atoms with E-state index in [9.17, 15) is 18.0 Å². The van der Waals surface area contributed by atoms with E-state index in [1.54, 1.807) is 42.7 Å². The molecule has 5 nitrogen and oxygen atoms in total. The van der Waals surface area contributed by atoms with Crippen LogP contribution in [0.3, 0.4) is 0 Å². The highest BCUT2D eigenvalue weighted by atomic mass is 19.4. The number of ketones is 1. The third-order valence-corrected chi connectivity index (χ3v) is 4.06. The minimum atomic E-state index is -4.33. The zero-order chi connectivity index (χ0) is 19.4. The number of Topliss-reactive ketones (excluding diaryl/α,β-unsaturated/α-hetero) is 1. The fraction of sp³-hybridized carbons (Fsp3) is 0.211. The number of carbonyl (C=O) groups is 1. The molecule has 0 aliphatic heterocycles. The molecule has 0 amide bonds. The summed E-state index contributed by atoms with van der Waals surface area (Å²) in [7, 11) is 0. The van der Waals surface area contributed by atoms with Gasteiger partial charge < -0.3 is 5.21 Å². The van der Waals surface area contributed by atoms with Crippen LogP contribution in [0, 0.1) is 0 Å². The molecule has 0 unspecified atom stereocenters. The molecule has 0 radical (unpaired) electrons. The minimum Gasteiger partial charge on any atom is -0.411 e. The summed E-state index contributed by atoms with van der Waals surface area (Å²) in [6.45, 7) is 0. The van der Waals surface area contributed by atoms with Crippen molar-refractivity contribution in [2.75, 3.05) is 0 Å². The molecule has 1 aromatic carbocycles. The van der Waals surface area contributed by atoms with Crippen LogP contribution >= 0.6 is 0 Å². The van der Waals surface area contributed by atoms with E-state index in [2.05, 4.69) is 10.1 Å². The van der Waals surface area contributed by atoms with Crippen molar-refractivity contribution in [3.63, 3.8) is 0 Å². The second-order valence-corrected chi connectivity index (χ2v) is 6.11. The van der Waals surface area contributed by atoms with Gasteiger partial charge in [0.15, 0.2) is 0 Å². The van der Waals surface area contributed by atoms with Gasteiger partial charge in [-0.1, -0.05) is 23.4 Å². The predicted octanol–water partition coefficient (Wildman–Crippen LogP) is 4.26. The Kier molecular flexibility index (Phi) is 5.25. The van der Waals surface area contributed by atoms with Crippen LogP contribution in [0.1, 0.15) is 24.0 Å². The summed E-state index contributed by atoms with van der Waals surface area (Å²) in [5, 5.41) is 11.6. The normalized spacial score (nSPS) is 12.1. The van der Waals surface area contributed by atoms with Crippen molar-refractivity contribution in [3.05, 3.63) is 59.9 Å². The van der Waals surface area contributed by atoms with Gasteiger partial charge >= 0.3 is 6.18 Å². The molecule has 0 fully saturated rings. The van der Waals surface area contributed by atoms with Gasteiger partial charge in [0.2, 0.25) is 0 Å². The van der Waals surface area contributed by atoms with Gasteiger partial charge in [-0.3, -0.25) is 9.20 Å². The van der Waals surface area contributed by atoms with Crippen LogP contribution < -0.4 is 0 Å². The summed E-state index contributed by atoms with van der Waals surface area (Å²) in [6, 6.07) is 10.6. The summed E-state index contributed by atoms with van der Waals surface area (Å²) in [5.41, 5.74) is 3.56. The molecule has 27 heavy (non-hydrogen) atoms. The molecule has 0 aliphatic rings. The van der Waals surface area contributed by atoms with E-state index in [-0.39, 0.29) is 6.42 Å². The number of imidazole rings is 1. The topological polar surface area (TPSA) is 67.0 Å². The van der Waals surface area contributed by atoms with Crippen molar-refractivity contribution in [3.8, 4) is 11.3 Å². The smallest absolute Gasteiger partial charge is 0.389 e. The maximum absolute atomic E-state index is 12.2. The largest absolute Gasteiger partial charge is 0.411 e. The molecule has 0 saturated heterocycles. The van der Waals surface area contributed by atoms with E-state index in [0.717, 1.165) is 11.3 Å². The number of halogens is 3. The first kappa shape index (κ1) is 18.6. The number of pyridine rings is 1. The number of oxime groups is 1. The molecule has 8 heteroatoms. The number of rotatable bonds is 6. The number of aromatic nitrogens is 2. The highest BCUT2D eigenvalue weighted by molar-refractivity contribution is 5.82. The van der Waals surface area contributed by atoms with Gasteiger partial charge in [-0.25, -0.2) is 4.98 Å². The second-order valence-electron chi connectivity index (χ2n) is 6.11. The number of benzene rings is 1. The zero-order valence-corrected chi connectivity index (χ0v) is 14.1. The van der Waals surface area contributed by atoms with Crippen LogP contribution in [0.2, 0.25) is 0 Å². The molecule has 0 aliphatic carbocycles. The molecule has 140 valence electrons. The fourth-order valence-electron chi connectivity index (χ4n) is 2.79. The highest BCUT2D eigenvalue weighted by Crippen LogP contribution is 2.24. The minimum absolute atomic E-state index is 0.0439. The SMILES string of the molecule is O=C(CCC(F)(F)F)Cc1cccc(-c2cnc3cc(/C=N\O)ccn23)c1. The predicted molar refractivity (Wildman–Crippen MR) is 94.0 cm³/mol. The number of nitrogens with zero attached hydrogens (tertiary/aromatic N) is 3. The monoisotopic (exact) mass is 375 g/mol. The van der Waals surface area contributed by atoms with Crippen LogP contribution in [-0.4, -0.2) is 32.8 Å². The lowest BCUT2D eigenvalue weighted by Gasteiger charge is -2.07. The Bertz CT molecular complexity index is 993. The molecular formula is C19H16F3N3O2. The molecule has 0 spiro atoms. The third-order valence-electron chi connectivity index (χ3n) is 4.06. The molecule has 0 saturated carbocycles. The van der Waals surface area contributed by atoms with Crippen molar-refractivity contribution in [2.45, 2.75) is 25.4 Å². The van der Waals surface area contributed by atoms with E-state index in [4.69, 9.17) is 5.21 Å². The Morgan fingerprint density at radius 2 is 2.07 bits per heavy atom. The van der Waals surface area contributed by atoms with Crippen molar-refractivity contribution >= 4 is 17.6 Å². The summed E-state index contributed by atoms with van der Waals surface area (Å²) >= 11 is 0. The van der Waals surface area contributed by atoms with E-state index in [0.29, 0.717) is 16.8 Å². The summed E-state index contributed by atoms with van der Waals surface area (Å²) in [6.07, 6.45) is -1.25. The first-order valence-corrected chi connectivity index (χ1v) is 8.18. The van der Waals surface area contributed by atoms with Crippen LogP contribution in [0.4, 0.5) is 13.2 Å². The Morgan fingerprint density at radius 3 is 2.81 bits per heavy atom. The summed E-state index contributed by atoms with van der Waals surface area (Å²) < 4.78 is 38.6. The Hall–Kier alpha value is -3.16. The van der Waals surface area contributed by atoms with Crippen molar-refractivity contribution in [1.82, 2.24) is 9.38 Å². The fourth-order valence-corrected chi connectivity index (χ4v) is 2.79. The standard InChI is InChI=1S/C19H16F3N3O2/c20-19(21,22)6-4-16(26)9-13-2-1-3-15(8-13)17-12-23-18-10-14(11-24-27)5-7-25(17)18/h1-3,5,7-8,10-12,27H,4,6,9H2/b24-11-. The lowest BCUT2D eigenvalue weighted by Crippen LogP contribution is -2.12. The molecule has 3 rings (SSSR count). The molecule has 2 aromatic heterocycles. The summed E-state index contributed by atoms with van der Waals surface area (Å²) in [4.78, 5) is 16.1. The quantitative estimate of drug-likeness (QED) is 0.398. The Labute approximate surface area is 152 Å². The molecule has 0 bridgehead atoms. The number of fused-ring (bicyclic) bond motifs is 1. The second kappa shape index (κ2) is 7.61. The van der Waals surface area contributed by atoms with Crippen LogP contribution in [0.5, 0.6) is 0 Å². The highest BCUT2D eigenvalue weighted by Gasteiger charge is 2.27. The molecule has 3 aromatic rings. The lowest BCUT2D eigenvalue weighted by atomic mass is 10.0. The van der Waals surface area contributed by atoms with E-state index < -0.39 is 24.8 Å². The average molecular weight is 375 g/mol. The van der Waals surface area contributed by atoms with Crippen LogP contribution in [-0.2, 0) is 11.2 Å². The number of hydrogen-bond acceptors (Lipinski definition) is 4. The number of hydrogen-bond donors (Lipinski definition) is 1. The zero-order valence-electron chi connectivity index (χ0n) is 14.1. The van der Waals surface area contributed by atoms with Gasteiger partial charge in [0, 0.05) is 30.2 Å². The molecular weight excluding hydrogens is 359 g/mol. The third kappa shape index (κ3) is 4.72. The van der Waals surface area contributed by atoms with E-state index in [1.807, 2.05) is 10.5 Å². The average Bonchev–Trinajstić information content (AvgIpc) is 3.03. The maximum Gasteiger partial charge on any atom is 0.389 e. The van der Waals surface area contributed by atoms with Crippen LogP contribution in [0.15, 0.2) is 53.9 Å². The number of alkyl halides is 3. The lowest BCUT2D eigenvalue weighted by molar-refractivity contribution is -0.143. The molecule has 0 atom stereocenters. The van der Waals surface area contributed by atoms with Gasteiger partial charge in [-0.05, 0) is 23.8 Å². The van der Waals surface area contributed by atoms with E-state index in [1.165, 1.54) is 6.21 Å². The Morgan fingerprint density at radius 1 is 1.26 bits per heavy atom. The first-order chi connectivity index (χ1) is 12.9.